The predicted octanol–water partition coefficient (Wildman–Crippen LogP) is 3.53. The third-order valence-electron chi connectivity index (χ3n) is 5.29. The fourth-order valence-corrected chi connectivity index (χ4v) is 4.99. The van der Waals surface area contributed by atoms with Gasteiger partial charge in [0.2, 0.25) is 5.92 Å². The summed E-state index contributed by atoms with van der Waals surface area (Å²) < 4.78 is 50.9. The van der Waals surface area contributed by atoms with Gasteiger partial charge in [-0.2, -0.15) is 0 Å². The van der Waals surface area contributed by atoms with Gasteiger partial charge in [0.25, 0.3) is 15.9 Å². The van der Waals surface area contributed by atoms with Crippen LogP contribution in [0.4, 0.5) is 20.3 Å². The lowest BCUT2D eigenvalue weighted by Gasteiger charge is -2.24. The zero-order chi connectivity index (χ0) is 23.1. The number of rotatable bonds is 4. The van der Waals surface area contributed by atoms with Crippen LogP contribution in [0.25, 0.3) is 10.2 Å². The number of fused-ring (bicyclic) bond motifs is 1. The number of thiophene rings is 1. The van der Waals surface area contributed by atoms with Crippen LogP contribution in [-0.2, 0) is 10.0 Å². The number of anilines is 2. The Morgan fingerprint density at radius 1 is 1.28 bits per heavy atom. The minimum atomic E-state index is -4.05. The van der Waals surface area contributed by atoms with Gasteiger partial charge in [0, 0.05) is 49.3 Å². The highest BCUT2D eigenvalue weighted by Gasteiger charge is 2.33. The number of carbonyl (C=O) groups is 1. The molecule has 8 nitrogen and oxygen atoms in total. The summed E-state index contributed by atoms with van der Waals surface area (Å²) in [6.07, 6.45) is 0.967. The Labute approximate surface area is 187 Å². The molecule has 0 saturated carbocycles. The van der Waals surface area contributed by atoms with Gasteiger partial charge in [0.05, 0.1) is 5.56 Å². The minimum Gasteiger partial charge on any atom is -0.356 e. The van der Waals surface area contributed by atoms with Crippen LogP contribution in [0.2, 0.25) is 0 Å². The molecule has 3 aromatic heterocycles. The van der Waals surface area contributed by atoms with E-state index < -0.39 is 21.9 Å². The van der Waals surface area contributed by atoms with Crippen molar-refractivity contribution < 1.29 is 22.0 Å². The monoisotopic (exact) mass is 481 g/mol. The molecule has 3 aromatic rings. The first-order valence-corrected chi connectivity index (χ1v) is 12.3. The van der Waals surface area contributed by atoms with Gasteiger partial charge in [0.15, 0.2) is 5.03 Å². The molecule has 1 amide bonds. The minimum absolute atomic E-state index is 0.0704. The molecular weight excluding hydrogens is 460 g/mol. The molecule has 0 aliphatic carbocycles. The van der Waals surface area contributed by atoms with E-state index in [0.29, 0.717) is 17.2 Å². The van der Waals surface area contributed by atoms with Gasteiger partial charge < -0.3 is 10.2 Å². The quantitative estimate of drug-likeness (QED) is 0.589. The summed E-state index contributed by atoms with van der Waals surface area (Å²) in [6, 6.07) is 4.28. The van der Waals surface area contributed by atoms with E-state index in [1.165, 1.54) is 23.6 Å². The van der Waals surface area contributed by atoms with E-state index in [4.69, 9.17) is 5.14 Å². The third kappa shape index (κ3) is 4.71. The number of nitrogens with zero attached hydrogens (tertiary/aromatic N) is 3. The largest absolute Gasteiger partial charge is 0.356 e. The molecule has 3 N–H and O–H groups in total. The van der Waals surface area contributed by atoms with Crippen molar-refractivity contribution in [2.75, 3.05) is 23.3 Å². The van der Waals surface area contributed by atoms with Crippen molar-refractivity contribution in [2.45, 2.75) is 37.1 Å². The molecule has 4 rings (SSSR count). The lowest BCUT2D eigenvalue weighted by molar-refractivity contribution is -0.0102. The molecule has 1 fully saturated rings. The van der Waals surface area contributed by atoms with Crippen LogP contribution < -0.4 is 15.4 Å². The van der Waals surface area contributed by atoms with E-state index in [0.717, 1.165) is 17.0 Å². The fourth-order valence-electron chi connectivity index (χ4n) is 3.59. The number of alkyl halides is 2. The average molecular weight is 482 g/mol. The molecule has 1 aliphatic rings. The van der Waals surface area contributed by atoms with Crippen LogP contribution >= 0.6 is 11.3 Å². The first-order chi connectivity index (χ1) is 15.0. The summed E-state index contributed by atoms with van der Waals surface area (Å²) in [5, 5.41) is 10.1. The number of aryl methyl sites for hydroxylation is 1. The number of aromatic nitrogens is 2. The van der Waals surface area contributed by atoms with Gasteiger partial charge in [-0.3, -0.25) is 4.79 Å². The molecule has 0 unspecified atom stereocenters. The van der Waals surface area contributed by atoms with E-state index >= 15 is 0 Å². The van der Waals surface area contributed by atoms with Gasteiger partial charge in [-0.1, -0.05) is 0 Å². The van der Waals surface area contributed by atoms with Crippen LogP contribution in [0, 0.1) is 6.92 Å². The zero-order valence-electron chi connectivity index (χ0n) is 17.1. The SMILES string of the molecule is Cc1csc2nc(N3CCCC(F)(F)CC3)c(C(=O)Nc3ccnc(S(N)(=O)=O)c3)cc12. The molecule has 0 radical (unpaired) electrons. The van der Waals surface area contributed by atoms with Crippen molar-refractivity contribution in [3.8, 4) is 0 Å². The molecule has 0 bridgehead atoms. The molecule has 1 aliphatic heterocycles. The van der Waals surface area contributed by atoms with E-state index in [1.807, 2.05) is 12.3 Å². The maximum absolute atomic E-state index is 13.9. The number of sulfonamides is 1. The van der Waals surface area contributed by atoms with Crippen LogP contribution in [0.15, 0.2) is 34.8 Å². The molecule has 1 saturated heterocycles. The van der Waals surface area contributed by atoms with Crippen LogP contribution in [0.3, 0.4) is 0 Å². The van der Waals surface area contributed by atoms with Gasteiger partial charge in [0.1, 0.15) is 10.6 Å². The van der Waals surface area contributed by atoms with Crippen LogP contribution in [0.1, 0.15) is 35.2 Å². The number of amides is 1. The molecule has 0 spiro atoms. The van der Waals surface area contributed by atoms with Gasteiger partial charge in [-0.05, 0) is 36.4 Å². The van der Waals surface area contributed by atoms with Crippen molar-refractivity contribution in [3.05, 3.63) is 40.9 Å². The maximum atomic E-state index is 13.9. The second-order valence-corrected chi connectivity index (χ2v) is 10.1. The van der Waals surface area contributed by atoms with Gasteiger partial charge in [-0.15, -0.1) is 11.3 Å². The Balaban J connectivity index is 1.73. The number of primary sulfonamides is 1. The summed E-state index contributed by atoms with van der Waals surface area (Å²) >= 11 is 1.42. The second kappa shape index (κ2) is 8.34. The number of hydrogen-bond acceptors (Lipinski definition) is 7. The molecule has 4 heterocycles. The standard InChI is InChI=1S/C20H21F2N5O3S2/c1-12-11-31-19-14(12)10-15(17(26-19)27-7-2-4-20(21,22)5-8-27)18(28)25-13-3-6-24-16(9-13)32(23,29)30/h3,6,9-11H,2,4-5,7-8H2,1H3,(H2,23,29,30)(H,24,25,28). The summed E-state index contributed by atoms with van der Waals surface area (Å²) in [6.45, 7) is 2.32. The van der Waals surface area contributed by atoms with Crippen LogP contribution in [-0.4, -0.2) is 43.3 Å². The molecule has 32 heavy (non-hydrogen) atoms. The van der Waals surface area contributed by atoms with Crippen molar-refractivity contribution in [1.82, 2.24) is 9.97 Å². The Morgan fingerprint density at radius 2 is 2.06 bits per heavy atom. The predicted molar refractivity (Wildman–Crippen MR) is 119 cm³/mol. The Morgan fingerprint density at radius 3 is 2.81 bits per heavy atom. The number of nitrogens with one attached hydrogen (secondary N) is 1. The summed E-state index contributed by atoms with van der Waals surface area (Å²) in [5.41, 5.74) is 1.35. The number of pyridine rings is 2. The van der Waals surface area contributed by atoms with E-state index in [1.54, 1.807) is 11.0 Å². The summed E-state index contributed by atoms with van der Waals surface area (Å²) in [4.78, 5) is 24.0. The molecule has 0 atom stereocenters. The number of hydrogen-bond donors (Lipinski definition) is 2. The number of halogens is 2. The van der Waals surface area contributed by atoms with Crippen molar-refractivity contribution in [2.24, 2.45) is 5.14 Å². The van der Waals surface area contributed by atoms with E-state index in [2.05, 4.69) is 15.3 Å². The third-order valence-corrected chi connectivity index (χ3v) is 7.10. The highest BCUT2D eigenvalue weighted by molar-refractivity contribution is 7.89. The average Bonchev–Trinajstić information content (AvgIpc) is 2.98. The molecule has 12 heteroatoms. The highest BCUT2D eigenvalue weighted by atomic mass is 32.2. The lowest BCUT2D eigenvalue weighted by atomic mass is 10.1. The number of nitrogens with two attached hydrogens (primary N) is 1. The molecule has 170 valence electrons. The second-order valence-electron chi connectivity index (χ2n) is 7.71. The topological polar surface area (TPSA) is 118 Å². The normalized spacial score (nSPS) is 16.7. The van der Waals surface area contributed by atoms with Crippen molar-refractivity contribution >= 4 is 49.0 Å². The first kappa shape index (κ1) is 22.5. The summed E-state index contributed by atoms with van der Waals surface area (Å²) in [5.74, 6) is -2.96. The smallest absolute Gasteiger partial charge is 0.259 e. The Bertz CT molecular complexity index is 1290. The van der Waals surface area contributed by atoms with Gasteiger partial charge in [-0.25, -0.2) is 32.3 Å². The Hall–Kier alpha value is -2.70. The van der Waals surface area contributed by atoms with Crippen molar-refractivity contribution in [3.63, 3.8) is 0 Å². The maximum Gasteiger partial charge on any atom is 0.259 e. The summed E-state index contributed by atoms with van der Waals surface area (Å²) in [7, 11) is -4.05. The van der Waals surface area contributed by atoms with E-state index in [-0.39, 0.29) is 42.1 Å². The highest BCUT2D eigenvalue weighted by Crippen LogP contribution is 2.34. The Kier molecular flexibility index (Phi) is 5.86. The van der Waals surface area contributed by atoms with Crippen molar-refractivity contribution in [1.29, 1.82) is 0 Å². The molecule has 0 aromatic carbocycles. The number of carbonyl (C=O) groups excluding carboxylic acids is 1. The first-order valence-electron chi connectivity index (χ1n) is 9.85. The van der Waals surface area contributed by atoms with Crippen LogP contribution in [0.5, 0.6) is 0 Å². The fraction of sp³-hybridized carbons (Fsp3) is 0.350. The lowest BCUT2D eigenvalue weighted by Crippen LogP contribution is -2.29. The van der Waals surface area contributed by atoms with Gasteiger partial charge >= 0.3 is 0 Å². The van der Waals surface area contributed by atoms with E-state index in [9.17, 15) is 22.0 Å². The molecular formula is C20H21F2N5O3S2. The zero-order valence-corrected chi connectivity index (χ0v) is 18.8.